The van der Waals surface area contributed by atoms with Gasteiger partial charge in [0.15, 0.2) is 17.2 Å². The summed E-state index contributed by atoms with van der Waals surface area (Å²) in [6.45, 7) is 3.24. The molecule has 5 rings (SSSR count). The highest BCUT2D eigenvalue weighted by atomic mass is 35.5. The van der Waals surface area contributed by atoms with Gasteiger partial charge in [0.2, 0.25) is 0 Å². The van der Waals surface area contributed by atoms with Crippen LogP contribution in [0.15, 0.2) is 30.6 Å². The lowest BCUT2D eigenvalue weighted by atomic mass is 9.98. The molecule has 1 saturated heterocycles. The van der Waals surface area contributed by atoms with Crippen molar-refractivity contribution >= 4 is 34.0 Å². The molecule has 2 aromatic carbocycles. The first-order valence-corrected chi connectivity index (χ1v) is 11.0. The maximum absolute atomic E-state index is 6.43. The third kappa shape index (κ3) is 4.13. The molecule has 32 heavy (non-hydrogen) atoms. The van der Waals surface area contributed by atoms with E-state index in [4.69, 9.17) is 30.8 Å². The number of ether oxygens (including phenoxy) is 2. The van der Waals surface area contributed by atoms with Gasteiger partial charge in [-0.25, -0.2) is 9.97 Å². The molecular weight excluding hydrogens is 432 g/mol. The van der Waals surface area contributed by atoms with Crippen LogP contribution in [-0.4, -0.2) is 48.7 Å². The lowest BCUT2D eigenvalue weighted by Crippen LogP contribution is -2.32. The van der Waals surface area contributed by atoms with E-state index in [2.05, 4.69) is 27.2 Å². The van der Waals surface area contributed by atoms with Gasteiger partial charge in [-0.2, -0.15) is 4.89 Å². The molecule has 2 aliphatic rings. The van der Waals surface area contributed by atoms with Crippen LogP contribution in [0.2, 0.25) is 5.02 Å². The molecule has 8 nitrogen and oxygen atoms in total. The summed E-state index contributed by atoms with van der Waals surface area (Å²) in [5.74, 6) is 3.00. The fraction of sp³-hybridized carbons (Fsp3) is 0.391. The summed E-state index contributed by atoms with van der Waals surface area (Å²) < 4.78 is 11.8. The van der Waals surface area contributed by atoms with Gasteiger partial charge in [0.1, 0.15) is 24.4 Å². The second-order valence-electron chi connectivity index (χ2n) is 8.18. The fourth-order valence-corrected chi connectivity index (χ4v) is 4.27. The van der Waals surface area contributed by atoms with Crippen LogP contribution >= 0.6 is 11.6 Å². The third-order valence-electron chi connectivity index (χ3n) is 6.02. The summed E-state index contributed by atoms with van der Waals surface area (Å²) in [6, 6.07) is 7.47. The monoisotopic (exact) mass is 456 g/mol. The average molecular weight is 457 g/mol. The van der Waals surface area contributed by atoms with Crippen molar-refractivity contribution in [3.05, 3.63) is 41.2 Å². The molecule has 0 atom stereocenters. The van der Waals surface area contributed by atoms with E-state index in [0.717, 1.165) is 42.4 Å². The van der Waals surface area contributed by atoms with E-state index < -0.39 is 0 Å². The van der Waals surface area contributed by atoms with E-state index in [9.17, 15) is 0 Å². The highest BCUT2D eigenvalue weighted by Crippen LogP contribution is 2.42. The van der Waals surface area contributed by atoms with Gasteiger partial charge in [-0.05, 0) is 51.0 Å². The van der Waals surface area contributed by atoms with Crippen LogP contribution in [-0.2, 0) is 11.5 Å². The van der Waals surface area contributed by atoms with E-state index in [1.54, 1.807) is 13.2 Å². The van der Waals surface area contributed by atoms with E-state index in [1.165, 1.54) is 6.33 Å². The first-order valence-electron chi connectivity index (χ1n) is 10.6. The van der Waals surface area contributed by atoms with Gasteiger partial charge in [0.05, 0.1) is 24.3 Å². The lowest BCUT2D eigenvalue weighted by Gasteiger charge is -2.28. The van der Waals surface area contributed by atoms with Crippen molar-refractivity contribution < 1.29 is 19.2 Å². The topological polar surface area (TPSA) is 78.0 Å². The van der Waals surface area contributed by atoms with E-state index in [0.29, 0.717) is 52.9 Å². The van der Waals surface area contributed by atoms with Crippen LogP contribution < -0.4 is 19.7 Å². The molecule has 2 aliphatic heterocycles. The number of anilines is 2. The predicted octanol–water partition coefficient (Wildman–Crippen LogP) is 4.58. The molecule has 3 aromatic rings. The smallest absolute Gasteiger partial charge is 0.196 e. The van der Waals surface area contributed by atoms with E-state index in [-0.39, 0.29) is 0 Å². The summed E-state index contributed by atoms with van der Waals surface area (Å²) in [4.78, 5) is 21.6. The Morgan fingerprint density at radius 1 is 1.19 bits per heavy atom. The minimum Gasteiger partial charge on any atom is -0.493 e. The van der Waals surface area contributed by atoms with Gasteiger partial charge >= 0.3 is 0 Å². The van der Waals surface area contributed by atoms with Crippen LogP contribution in [0.4, 0.5) is 11.5 Å². The molecule has 1 N–H and O–H groups in total. The molecule has 1 fully saturated rings. The van der Waals surface area contributed by atoms with Crippen LogP contribution in [0.5, 0.6) is 17.2 Å². The maximum Gasteiger partial charge on any atom is 0.196 e. The van der Waals surface area contributed by atoms with Crippen molar-refractivity contribution in [1.82, 2.24) is 14.9 Å². The van der Waals surface area contributed by atoms with Crippen molar-refractivity contribution in [2.45, 2.75) is 19.4 Å². The average Bonchev–Trinajstić information content (AvgIpc) is 3.29. The fourth-order valence-electron chi connectivity index (χ4n) is 4.07. The van der Waals surface area contributed by atoms with Gasteiger partial charge in [0, 0.05) is 17.0 Å². The third-order valence-corrected chi connectivity index (χ3v) is 6.34. The van der Waals surface area contributed by atoms with Gasteiger partial charge < -0.3 is 24.6 Å². The van der Waals surface area contributed by atoms with Crippen molar-refractivity contribution in [2.75, 3.05) is 39.2 Å². The van der Waals surface area contributed by atoms with Gasteiger partial charge in [-0.3, -0.25) is 0 Å². The Bertz CT molecular complexity index is 1130. The van der Waals surface area contributed by atoms with Crippen LogP contribution in [0.3, 0.4) is 0 Å². The number of fused-ring (bicyclic) bond motifs is 2. The Balaban J connectivity index is 1.43. The number of methoxy groups -OCH3 is 1. The quantitative estimate of drug-likeness (QED) is 0.540. The SMILES string of the molecule is COc1cc2c(Nc3c(Cl)ccc4c3OOC4)ncnc2cc1OCC1CCN(C)CC1. The zero-order chi connectivity index (χ0) is 22.1. The Hall–Kier alpha value is -2.81. The Morgan fingerprint density at radius 3 is 2.84 bits per heavy atom. The molecule has 0 bridgehead atoms. The minimum atomic E-state index is 0.373. The number of hydrogen-bond acceptors (Lipinski definition) is 8. The van der Waals surface area contributed by atoms with Gasteiger partial charge in [0.25, 0.3) is 0 Å². The van der Waals surface area contributed by atoms with Crippen LogP contribution in [0.25, 0.3) is 10.9 Å². The minimum absolute atomic E-state index is 0.373. The van der Waals surface area contributed by atoms with Gasteiger partial charge in [-0.1, -0.05) is 17.7 Å². The Labute approximate surface area is 191 Å². The number of likely N-dealkylation sites (tertiary alicyclic amines) is 1. The molecule has 3 heterocycles. The molecule has 0 amide bonds. The summed E-state index contributed by atoms with van der Waals surface area (Å²) in [7, 11) is 3.79. The molecule has 1 aromatic heterocycles. The van der Waals surface area contributed by atoms with Crippen molar-refractivity contribution in [3.63, 3.8) is 0 Å². The number of halogens is 1. The Kier molecular flexibility index (Phi) is 5.91. The van der Waals surface area contributed by atoms with Crippen molar-refractivity contribution in [1.29, 1.82) is 0 Å². The molecule has 0 saturated carbocycles. The molecule has 168 valence electrons. The maximum atomic E-state index is 6.43. The zero-order valence-electron chi connectivity index (χ0n) is 18.1. The molecule has 0 radical (unpaired) electrons. The van der Waals surface area contributed by atoms with E-state index >= 15 is 0 Å². The van der Waals surface area contributed by atoms with Crippen molar-refractivity contribution in [2.24, 2.45) is 5.92 Å². The summed E-state index contributed by atoms with van der Waals surface area (Å²) in [6.07, 6.45) is 3.78. The number of piperidine rings is 1. The second-order valence-corrected chi connectivity index (χ2v) is 8.59. The van der Waals surface area contributed by atoms with Crippen LogP contribution in [0.1, 0.15) is 18.4 Å². The Morgan fingerprint density at radius 2 is 2.03 bits per heavy atom. The number of hydrogen-bond donors (Lipinski definition) is 1. The number of nitrogens with one attached hydrogen (secondary N) is 1. The molecule has 0 spiro atoms. The first-order chi connectivity index (χ1) is 15.6. The first kappa shape index (κ1) is 21.1. The summed E-state index contributed by atoms with van der Waals surface area (Å²) >= 11 is 6.43. The highest BCUT2D eigenvalue weighted by Gasteiger charge is 2.23. The molecule has 0 aliphatic carbocycles. The largest absolute Gasteiger partial charge is 0.493 e. The standard InChI is InChI=1S/C23H25ClN4O4/c1-28-7-5-14(6-8-28)11-30-20-10-18-16(9-19(20)29-2)23(26-13-25-18)27-21-17(24)4-3-15-12-31-32-22(15)21/h3-4,9-10,13-14H,5-8,11-12H2,1-2H3,(H,25,26,27). The summed E-state index contributed by atoms with van der Waals surface area (Å²) in [5, 5.41) is 4.57. The van der Waals surface area contributed by atoms with Gasteiger partial charge in [-0.15, -0.1) is 0 Å². The normalized spacial score (nSPS) is 16.6. The zero-order valence-corrected chi connectivity index (χ0v) is 18.8. The summed E-state index contributed by atoms with van der Waals surface area (Å²) in [5.41, 5.74) is 2.25. The molecule has 0 unspecified atom stereocenters. The highest BCUT2D eigenvalue weighted by molar-refractivity contribution is 6.33. The predicted molar refractivity (Wildman–Crippen MR) is 122 cm³/mol. The number of benzene rings is 2. The van der Waals surface area contributed by atoms with Crippen LogP contribution in [0, 0.1) is 5.92 Å². The number of aromatic nitrogens is 2. The number of nitrogens with zero attached hydrogens (tertiary/aromatic N) is 3. The second kappa shape index (κ2) is 8.97. The molecular formula is C23H25ClN4O4. The molecule has 9 heteroatoms. The van der Waals surface area contributed by atoms with Crippen molar-refractivity contribution in [3.8, 4) is 17.2 Å². The lowest BCUT2D eigenvalue weighted by molar-refractivity contribution is -0.194. The van der Waals surface area contributed by atoms with E-state index in [1.807, 2.05) is 18.2 Å². The number of rotatable bonds is 6.